The molecule has 1 N–H and O–H groups in total. The van der Waals surface area contributed by atoms with Gasteiger partial charge < -0.3 is 10.2 Å². The first-order chi connectivity index (χ1) is 7.50. The summed E-state index contributed by atoms with van der Waals surface area (Å²) >= 11 is 3.35. The van der Waals surface area contributed by atoms with E-state index >= 15 is 0 Å². The van der Waals surface area contributed by atoms with Crippen molar-refractivity contribution in [3.63, 3.8) is 0 Å². The number of hydrogen-bond donors (Lipinski definition) is 1. The maximum atomic E-state index is 12.8. The van der Waals surface area contributed by atoms with E-state index in [1.807, 2.05) is 0 Å². The maximum Gasteiger partial charge on any atom is 0.124 e. The zero-order valence-corrected chi connectivity index (χ0v) is 11.5. The van der Waals surface area contributed by atoms with Gasteiger partial charge in [0.25, 0.3) is 0 Å². The third-order valence-electron chi connectivity index (χ3n) is 2.65. The highest BCUT2D eigenvalue weighted by atomic mass is 79.9. The fourth-order valence-electron chi connectivity index (χ4n) is 1.26. The van der Waals surface area contributed by atoms with Gasteiger partial charge in [-0.2, -0.15) is 0 Å². The first kappa shape index (κ1) is 13.6. The molecule has 1 rings (SSSR count). The third-order valence-corrected chi connectivity index (χ3v) is 3.39. The van der Waals surface area contributed by atoms with Gasteiger partial charge in [0.15, 0.2) is 0 Å². The largest absolute Gasteiger partial charge is 0.311 e. The molecule has 4 heteroatoms. The molecule has 0 aliphatic rings. The molecule has 0 fully saturated rings. The second-order valence-corrected chi connectivity index (χ2v) is 5.03. The van der Waals surface area contributed by atoms with Gasteiger partial charge in [-0.1, -0.05) is 22.0 Å². The normalized spacial score (nSPS) is 13.1. The Bertz CT molecular complexity index is 342. The summed E-state index contributed by atoms with van der Waals surface area (Å²) in [5, 5.41) is 3.35. The summed E-state index contributed by atoms with van der Waals surface area (Å²) in [5.41, 5.74) is 1.08. The second-order valence-electron chi connectivity index (χ2n) is 4.18. The molecule has 0 radical (unpaired) electrons. The molecule has 0 heterocycles. The van der Waals surface area contributed by atoms with Crippen LogP contribution in [0, 0.1) is 5.82 Å². The Kier molecular flexibility index (Phi) is 5.38. The van der Waals surface area contributed by atoms with E-state index in [1.54, 1.807) is 6.07 Å². The lowest BCUT2D eigenvalue weighted by atomic mass is 10.2. The third kappa shape index (κ3) is 4.20. The van der Waals surface area contributed by atoms with Crippen LogP contribution in [0.15, 0.2) is 22.7 Å². The SMILES string of the molecule is CC(CNCc1ccc(F)cc1Br)N(C)C. The van der Waals surface area contributed by atoms with E-state index in [2.05, 4.69) is 47.2 Å². The Morgan fingerprint density at radius 3 is 2.69 bits per heavy atom. The number of likely N-dealkylation sites (N-methyl/N-ethyl adjacent to an activating group) is 1. The molecule has 0 amide bonds. The average molecular weight is 289 g/mol. The Labute approximate surface area is 105 Å². The molecule has 1 aromatic carbocycles. The lowest BCUT2D eigenvalue weighted by Crippen LogP contribution is -2.35. The van der Waals surface area contributed by atoms with Crippen molar-refractivity contribution in [1.29, 1.82) is 0 Å². The summed E-state index contributed by atoms with van der Waals surface area (Å²) < 4.78 is 13.7. The van der Waals surface area contributed by atoms with Crippen molar-refractivity contribution in [2.75, 3.05) is 20.6 Å². The Hall–Kier alpha value is -0.450. The number of rotatable bonds is 5. The Morgan fingerprint density at radius 1 is 1.44 bits per heavy atom. The zero-order valence-electron chi connectivity index (χ0n) is 9.93. The molecule has 90 valence electrons. The number of halogens is 2. The van der Waals surface area contributed by atoms with E-state index in [0.717, 1.165) is 23.1 Å². The predicted octanol–water partition coefficient (Wildman–Crippen LogP) is 2.63. The summed E-state index contributed by atoms with van der Waals surface area (Å²) in [6.07, 6.45) is 0. The van der Waals surface area contributed by atoms with Crippen LogP contribution < -0.4 is 5.32 Å². The number of nitrogens with zero attached hydrogens (tertiary/aromatic N) is 1. The van der Waals surface area contributed by atoms with E-state index in [1.165, 1.54) is 12.1 Å². The molecule has 0 saturated heterocycles. The van der Waals surface area contributed by atoms with E-state index in [4.69, 9.17) is 0 Å². The monoisotopic (exact) mass is 288 g/mol. The van der Waals surface area contributed by atoms with E-state index in [-0.39, 0.29) is 5.82 Å². The van der Waals surface area contributed by atoms with Gasteiger partial charge in [-0.25, -0.2) is 4.39 Å². The van der Waals surface area contributed by atoms with Crippen molar-refractivity contribution >= 4 is 15.9 Å². The molecular formula is C12H18BrFN2. The van der Waals surface area contributed by atoms with Crippen LogP contribution in [-0.2, 0) is 6.54 Å². The summed E-state index contributed by atoms with van der Waals surface area (Å²) in [5.74, 6) is -0.211. The van der Waals surface area contributed by atoms with Crippen molar-refractivity contribution in [3.8, 4) is 0 Å². The minimum Gasteiger partial charge on any atom is -0.311 e. The van der Waals surface area contributed by atoms with E-state index < -0.39 is 0 Å². The van der Waals surface area contributed by atoms with Gasteiger partial charge in [-0.05, 0) is 38.7 Å². The van der Waals surface area contributed by atoms with Gasteiger partial charge in [0, 0.05) is 23.6 Å². The van der Waals surface area contributed by atoms with Crippen molar-refractivity contribution in [2.24, 2.45) is 0 Å². The lowest BCUT2D eigenvalue weighted by molar-refractivity contribution is 0.302. The minimum absolute atomic E-state index is 0.211. The molecule has 1 aromatic rings. The quantitative estimate of drug-likeness (QED) is 0.896. The Balaban J connectivity index is 2.43. The van der Waals surface area contributed by atoms with Crippen molar-refractivity contribution in [1.82, 2.24) is 10.2 Å². The predicted molar refractivity (Wildman–Crippen MR) is 69.0 cm³/mol. The smallest absolute Gasteiger partial charge is 0.124 e. The average Bonchev–Trinajstić information content (AvgIpc) is 2.20. The minimum atomic E-state index is -0.211. The summed E-state index contributed by atoms with van der Waals surface area (Å²) in [6, 6.07) is 5.26. The van der Waals surface area contributed by atoms with Crippen LogP contribution in [-0.4, -0.2) is 31.6 Å². The van der Waals surface area contributed by atoms with Gasteiger partial charge in [-0.15, -0.1) is 0 Å². The first-order valence-corrected chi connectivity index (χ1v) is 6.11. The molecule has 1 atom stereocenters. The second kappa shape index (κ2) is 6.33. The van der Waals surface area contributed by atoms with Gasteiger partial charge in [0.1, 0.15) is 5.82 Å². The molecule has 0 spiro atoms. The summed E-state index contributed by atoms with van der Waals surface area (Å²) in [7, 11) is 4.11. The molecule has 16 heavy (non-hydrogen) atoms. The lowest BCUT2D eigenvalue weighted by Gasteiger charge is -2.20. The van der Waals surface area contributed by atoms with Gasteiger partial charge >= 0.3 is 0 Å². The van der Waals surface area contributed by atoms with Crippen molar-refractivity contribution < 1.29 is 4.39 Å². The fraction of sp³-hybridized carbons (Fsp3) is 0.500. The first-order valence-electron chi connectivity index (χ1n) is 5.31. The van der Waals surface area contributed by atoms with Crippen LogP contribution in [0.3, 0.4) is 0 Å². The van der Waals surface area contributed by atoms with Crippen LogP contribution in [0.5, 0.6) is 0 Å². The molecular weight excluding hydrogens is 271 g/mol. The molecule has 2 nitrogen and oxygen atoms in total. The zero-order chi connectivity index (χ0) is 12.1. The standard InChI is InChI=1S/C12H18BrFN2/c1-9(16(2)3)7-15-8-10-4-5-11(14)6-12(10)13/h4-6,9,15H,7-8H2,1-3H3. The van der Waals surface area contributed by atoms with Crippen LogP contribution in [0.4, 0.5) is 4.39 Å². The summed E-state index contributed by atoms with van der Waals surface area (Å²) in [4.78, 5) is 2.16. The Morgan fingerprint density at radius 2 is 2.12 bits per heavy atom. The maximum absolute atomic E-state index is 12.8. The van der Waals surface area contributed by atoms with Crippen LogP contribution in [0.2, 0.25) is 0 Å². The highest BCUT2D eigenvalue weighted by Gasteiger charge is 2.05. The molecule has 0 aliphatic carbocycles. The van der Waals surface area contributed by atoms with Crippen LogP contribution >= 0.6 is 15.9 Å². The highest BCUT2D eigenvalue weighted by Crippen LogP contribution is 2.17. The van der Waals surface area contributed by atoms with Crippen molar-refractivity contribution in [2.45, 2.75) is 19.5 Å². The number of hydrogen-bond acceptors (Lipinski definition) is 2. The van der Waals surface area contributed by atoms with Crippen molar-refractivity contribution in [3.05, 3.63) is 34.1 Å². The molecule has 0 aliphatic heterocycles. The van der Waals surface area contributed by atoms with Crippen LogP contribution in [0.25, 0.3) is 0 Å². The number of benzene rings is 1. The van der Waals surface area contributed by atoms with Crippen LogP contribution in [0.1, 0.15) is 12.5 Å². The van der Waals surface area contributed by atoms with Gasteiger partial charge in [0.05, 0.1) is 0 Å². The highest BCUT2D eigenvalue weighted by molar-refractivity contribution is 9.10. The summed E-state index contributed by atoms with van der Waals surface area (Å²) in [6.45, 7) is 3.82. The number of nitrogens with one attached hydrogen (secondary N) is 1. The fourth-order valence-corrected chi connectivity index (χ4v) is 1.75. The van der Waals surface area contributed by atoms with Gasteiger partial charge in [-0.3, -0.25) is 0 Å². The molecule has 0 bridgehead atoms. The molecule has 1 unspecified atom stereocenters. The molecule has 0 saturated carbocycles. The van der Waals surface area contributed by atoms with Gasteiger partial charge in [0.2, 0.25) is 0 Å². The van der Waals surface area contributed by atoms with E-state index in [9.17, 15) is 4.39 Å². The van der Waals surface area contributed by atoms with E-state index in [0.29, 0.717) is 6.04 Å². The topological polar surface area (TPSA) is 15.3 Å². The molecule has 0 aromatic heterocycles.